The van der Waals surface area contributed by atoms with Gasteiger partial charge in [-0.25, -0.2) is 4.79 Å². The number of ether oxygens (including phenoxy) is 3. The van der Waals surface area contributed by atoms with Gasteiger partial charge in [0, 0.05) is 31.6 Å². The molecular formula is C26H37F3O6Si. The summed E-state index contributed by atoms with van der Waals surface area (Å²) >= 11 is 0. The lowest BCUT2D eigenvalue weighted by Gasteiger charge is -2.67. The number of alkyl halides is 3. The molecule has 4 fully saturated rings. The topological polar surface area (TPSA) is 74.2 Å². The highest BCUT2D eigenvalue weighted by molar-refractivity contribution is 6.74. The highest BCUT2D eigenvalue weighted by Gasteiger charge is 2.82. The van der Waals surface area contributed by atoms with Gasteiger partial charge in [-0.2, -0.15) is 13.2 Å². The van der Waals surface area contributed by atoms with Crippen molar-refractivity contribution in [3.63, 3.8) is 0 Å². The number of halogens is 3. The summed E-state index contributed by atoms with van der Waals surface area (Å²) in [5, 5.41) is 11.6. The fourth-order valence-electron chi connectivity index (χ4n) is 6.04. The third-order valence-corrected chi connectivity index (χ3v) is 14.0. The third kappa shape index (κ3) is 3.55. The predicted octanol–water partition coefficient (Wildman–Crippen LogP) is 4.95. The second kappa shape index (κ2) is 8.27. The SMILES string of the molecule is CO[C@@](C(=O)O[C@@H]1C[C@]2(C)OC[C@@]3(CO[Si](C)(C)C(C)(C)C)[C@H]1C[C@@]32O)(c1ccccc1)C(F)(F)F. The summed E-state index contributed by atoms with van der Waals surface area (Å²) in [6.45, 7) is 12.7. The molecule has 5 rings (SSSR count). The van der Waals surface area contributed by atoms with E-state index in [-0.39, 0.29) is 36.7 Å². The third-order valence-electron chi connectivity index (χ3n) is 9.54. The van der Waals surface area contributed by atoms with Crippen molar-refractivity contribution in [2.75, 3.05) is 20.3 Å². The van der Waals surface area contributed by atoms with Crippen LogP contribution < -0.4 is 0 Å². The van der Waals surface area contributed by atoms with Gasteiger partial charge < -0.3 is 23.7 Å². The second-order valence-electron chi connectivity index (χ2n) is 12.3. The van der Waals surface area contributed by atoms with E-state index in [1.165, 1.54) is 24.3 Å². The van der Waals surface area contributed by atoms with Gasteiger partial charge in [0.25, 0.3) is 5.60 Å². The van der Waals surface area contributed by atoms with Crippen molar-refractivity contribution < 1.29 is 41.7 Å². The molecule has 4 bridgehead atoms. The largest absolute Gasteiger partial charge is 0.459 e. The van der Waals surface area contributed by atoms with Gasteiger partial charge in [-0.3, -0.25) is 0 Å². The molecule has 36 heavy (non-hydrogen) atoms. The summed E-state index contributed by atoms with van der Waals surface area (Å²) in [4.78, 5) is 13.4. The fraction of sp³-hybridized carbons (Fsp3) is 0.731. The van der Waals surface area contributed by atoms with Crippen LogP contribution in [0.3, 0.4) is 0 Å². The summed E-state index contributed by atoms with van der Waals surface area (Å²) in [5.41, 5.74) is -6.74. The Bertz CT molecular complexity index is 1010. The van der Waals surface area contributed by atoms with E-state index in [4.69, 9.17) is 18.6 Å². The van der Waals surface area contributed by atoms with Crippen molar-refractivity contribution >= 4 is 14.3 Å². The first-order valence-electron chi connectivity index (χ1n) is 12.3. The van der Waals surface area contributed by atoms with Gasteiger partial charge in [0.05, 0.1) is 17.6 Å². The van der Waals surface area contributed by atoms with Crippen LogP contribution in [-0.2, 0) is 29.0 Å². The summed E-state index contributed by atoms with van der Waals surface area (Å²) in [6, 6.07) is 6.78. The molecule has 1 aromatic carbocycles. The molecule has 4 aliphatic rings. The van der Waals surface area contributed by atoms with E-state index in [1.54, 1.807) is 13.0 Å². The molecule has 202 valence electrons. The van der Waals surface area contributed by atoms with Crippen molar-refractivity contribution in [2.45, 2.75) is 87.8 Å². The lowest BCUT2D eigenvalue weighted by molar-refractivity contribution is -0.309. The molecule has 1 aliphatic heterocycles. The second-order valence-corrected chi connectivity index (χ2v) is 17.1. The van der Waals surface area contributed by atoms with E-state index in [9.17, 15) is 23.1 Å². The Morgan fingerprint density at radius 1 is 1.17 bits per heavy atom. The Morgan fingerprint density at radius 2 is 1.78 bits per heavy atom. The Labute approximate surface area is 211 Å². The first-order chi connectivity index (χ1) is 16.4. The zero-order valence-corrected chi connectivity index (χ0v) is 23.0. The van der Waals surface area contributed by atoms with Gasteiger partial charge in [0.1, 0.15) is 11.7 Å². The van der Waals surface area contributed by atoms with E-state index in [2.05, 4.69) is 33.9 Å². The summed E-state index contributed by atoms with van der Waals surface area (Å²) in [5.74, 6) is -1.92. The number of benzene rings is 1. The minimum Gasteiger partial charge on any atom is -0.459 e. The van der Waals surface area contributed by atoms with Crippen LogP contribution in [0.2, 0.25) is 18.1 Å². The quantitative estimate of drug-likeness (QED) is 0.397. The smallest absolute Gasteiger partial charge is 0.432 e. The van der Waals surface area contributed by atoms with Crippen molar-refractivity contribution in [3.05, 3.63) is 35.9 Å². The van der Waals surface area contributed by atoms with Crippen molar-refractivity contribution in [3.8, 4) is 0 Å². The van der Waals surface area contributed by atoms with Crippen LogP contribution in [0.15, 0.2) is 30.3 Å². The monoisotopic (exact) mass is 530 g/mol. The number of hydrogen-bond donors (Lipinski definition) is 1. The van der Waals surface area contributed by atoms with Crippen LogP contribution in [0, 0.1) is 11.3 Å². The lowest BCUT2D eigenvalue weighted by Crippen LogP contribution is -2.78. The van der Waals surface area contributed by atoms with Gasteiger partial charge >= 0.3 is 12.1 Å². The number of carbonyl (C=O) groups is 1. The molecule has 3 saturated carbocycles. The van der Waals surface area contributed by atoms with Crippen LogP contribution in [0.1, 0.15) is 46.1 Å². The zero-order valence-electron chi connectivity index (χ0n) is 22.0. The molecule has 1 saturated heterocycles. The predicted molar refractivity (Wildman–Crippen MR) is 129 cm³/mol. The Kier molecular flexibility index (Phi) is 6.33. The van der Waals surface area contributed by atoms with E-state index in [1.807, 2.05) is 0 Å². The average molecular weight is 531 g/mol. The van der Waals surface area contributed by atoms with Crippen LogP contribution >= 0.6 is 0 Å². The molecule has 0 radical (unpaired) electrons. The molecule has 6 atom stereocenters. The van der Waals surface area contributed by atoms with E-state index < -0.39 is 54.7 Å². The van der Waals surface area contributed by atoms with E-state index in [0.29, 0.717) is 0 Å². The summed E-state index contributed by atoms with van der Waals surface area (Å²) < 4.78 is 66.4. The molecule has 3 aliphatic carbocycles. The van der Waals surface area contributed by atoms with Gasteiger partial charge in [0.2, 0.25) is 0 Å². The Morgan fingerprint density at radius 3 is 2.31 bits per heavy atom. The van der Waals surface area contributed by atoms with Crippen LogP contribution in [0.4, 0.5) is 13.2 Å². The van der Waals surface area contributed by atoms with Crippen molar-refractivity contribution in [2.24, 2.45) is 11.3 Å². The fourth-order valence-corrected chi connectivity index (χ4v) is 7.09. The molecule has 0 amide bonds. The summed E-state index contributed by atoms with van der Waals surface area (Å²) in [7, 11) is -1.35. The van der Waals surface area contributed by atoms with Gasteiger partial charge in [-0.05, 0) is 31.5 Å². The van der Waals surface area contributed by atoms with Crippen LogP contribution in [-0.4, -0.2) is 63.2 Å². The normalized spacial score (nSPS) is 35.6. The number of carbonyl (C=O) groups excluding carboxylic acids is 1. The number of rotatable bonds is 7. The number of aliphatic hydroxyl groups is 1. The van der Waals surface area contributed by atoms with Crippen LogP contribution in [0.25, 0.3) is 0 Å². The minimum absolute atomic E-state index is 0.0692. The Hall–Kier alpha value is -1.46. The van der Waals surface area contributed by atoms with Crippen molar-refractivity contribution in [1.82, 2.24) is 0 Å². The van der Waals surface area contributed by atoms with Gasteiger partial charge in [-0.1, -0.05) is 51.1 Å². The molecule has 10 heteroatoms. The number of esters is 1. The maximum atomic E-state index is 14.4. The molecular weight excluding hydrogens is 493 g/mol. The number of fused-ring (bicyclic) bond motifs is 1. The Balaban J connectivity index is 1.65. The minimum atomic E-state index is -5.06. The van der Waals surface area contributed by atoms with Gasteiger partial charge in [-0.15, -0.1) is 0 Å². The zero-order chi connectivity index (χ0) is 27.0. The van der Waals surface area contributed by atoms with Gasteiger partial charge in [0.15, 0.2) is 8.32 Å². The maximum Gasteiger partial charge on any atom is 0.432 e. The average Bonchev–Trinajstić information content (AvgIpc) is 2.84. The van der Waals surface area contributed by atoms with E-state index in [0.717, 1.165) is 7.11 Å². The highest BCUT2D eigenvalue weighted by Crippen LogP contribution is 2.71. The molecule has 0 unspecified atom stereocenters. The molecule has 1 aromatic rings. The molecule has 1 N–H and O–H groups in total. The maximum absolute atomic E-state index is 14.4. The standard InChI is InChI=1S/C26H37F3O6Si/c1-21(2,3)36(6,7)34-16-23-15-33-22(4)14-19(18(23)13-24(22,23)31)35-20(30)25(32-5,26(27,28)29)17-11-9-8-10-12-17/h8-12,18-19,31H,13-16H2,1-7H3/t18-,19+,22-,23+,24-,25+/m0/s1. The molecule has 1 heterocycles. The summed E-state index contributed by atoms with van der Waals surface area (Å²) in [6.07, 6.45) is -5.59. The van der Waals surface area contributed by atoms with E-state index >= 15 is 0 Å². The first kappa shape index (κ1) is 27.6. The molecule has 0 spiro atoms. The van der Waals surface area contributed by atoms with Crippen LogP contribution in [0.5, 0.6) is 0 Å². The molecule has 0 aromatic heterocycles. The first-order valence-corrected chi connectivity index (χ1v) is 15.2. The highest BCUT2D eigenvalue weighted by atomic mass is 28.4. The molecule has 6 nitrogen and oxygen atoms in total. The number of hydrogen-bond acceptors (Lipinski definition) is 6. The number of methoxy groups -OCH3 is 1. The van der Waals surface area contributed by atoms with Crippen molar-refractivity contribution in [1.29, 1.82) is 0 Å². The lowest BCUT2D eigenvalue weighted by atomic mass is 9.41.